The van der Waals surface area contributed by atoms with Crippen LogP contribution in [-0.4, -0.2) is 23.5 Å². The normalized spacial score (nSPS) is 10.2. The van der Waals surface area contributed by atoms with Crippen molar-refractivity contribution in [2.75, 3.05) is 11.9 Å². The Bertz CT molecular complexity index is 384. The van der Waals surface area contributed by atoms with Gasteiger partial charge in [-0.1, -0.05) is 19.0 Å². The van der Waals surface area contributed by atoms with Crippen molar-refractivity contribution in [3.63, 3.8) is 0 Å². The van der Waals surface area contributed by atoms with E-state index in [4.69, 9.17) is 4.52 Å². The predicted octanol–water partition coefficient (Wildman–Crippen LogP) is 0.694. The van der Waals surface area contributed by atoms with Gasteiger partial charge in [-0.2, -0.15) is 0 Å². The van der Waals surface area contributed by atoms with Gasteiger partial charge in [0.2, 0.25) is 11.8 Å². The van der Waals surface area contributed by atoms with Crippen molar-refractivity contribution in [3.05, 3.63) is 11.8 Å². The molecular formula is C10H15N3O3. The lowest BCUT2D eigenvalue weighted by Crippen LogP contribution is -2.35. The predicted molar refractivity (Wildman–Crippen MR) is 57.7 cm³/mol. The second-order valence-electron chi connectivity index (χ2n) is 3.74. The van der Waals surface area contributed by atoms with Gasteiger partial charge in [-0.05, 0) is 6.92 Å². The SMILES string of the molecule is Cc1cc(NC(=O)CNC(=O)C(C)C)no1. The molecule has 88 valence electrons. The highest BCUT2D eigenvalue weighted by Gasteiger charge is 2.10. The molecule has 0 aliphatic heterocycles. The van der Waals surface area contributed by atoms with E-state index in [1.54, 1.807) is 26.8 Å². The molecule has 2 amide bonds. The Morgan fingerprint density at radius 1 is 1.50 bits per heavy atom. The number of rotatable bonds is 4. The lowest BCUT2D eigenvalue weighted by atomic mass is 10.2. The minimum absolute atomic E-state index is 0.0665. The van der Waals surface area contributed by atoms with Crippen molar-refractivity contribution in [2.45, 2.75) is 20.8 Å². The van der Waals surface area contributed by atoms with E-state index in [-0.39, 0.29) is 24.3 Å². The van der Waals surface area contributed by atoms with Gasteiger partial charge in [-0.3, -0.25) is 9.59 Å². The number of aromatic nitrogens is 1. The van der Waals surface area contributed by atoms with Crippen molar-refractivity contribution in [1.29, 1.82) is 0 Å². The summed E-state index contributed by atoms with van der Waals surface area (Å²) in [7, 11) is 0. The topological polar surface area (TPSA) is 84.2 Å². The van der Waals surface area contributed by atoms with Gasteiger partial charge in [0.05, 0.1) is 6.54 Å². The summed E-state index contributed by atoms with van der Waals surface area (Å²) in [4.78, 5) is 22.5. The highest BCUT2D eigenvalue weighted by atomic mass is 16.5. The van der Waals surface area contributed by atoms with E-state index in [0.29, 0.717) is 11.6 Å². The number of nitrogens with one attached hydrogen (secondary N) is 2. The first-order valence-electron chi connectivity index (χ1n) is 5.00. The van der Waals surface area contributed by atoms with Crippen molar-refractivity contribution >= 4 is 17.6 Å². The van der Waals surface area contributed by atoms with Crippen LogP contribution in [0.5, 0.6) is 0 Å². The number of carbonyl (C=O) groups excluding carboxylic acids is 2. The Labute approximate surface area is 93.4 Å². The number of hydrogen-bond donors (Lipinski definition) is 2. The van der Waals surface area contributed by atoms with Crippen LogP contribution < -0.4 is 10.6 Å². The van der Waals surface area contributed by atoms with E-state index in [0.717, 1.165) is 0 Å². The summed E-state index contributed by atoms with van der Waals surface area (Å²) in [6, 6.07) is 1.60. The molecule has 1 rings (SSSR count). The lowest BCUT2D eigenvalue weighted by molar-refractivity contribution is -0.126. The summed E-state index contributed by atoms with van der Waals surface area (Å²) in [5.74, 6) is 0.332. The molecule has 0 saturated carbocycles. The molecule has 1 aromatic rings. The van der Waals surface area contributed by atoms with Crippen LogP contribution >= 0.6 is 0 Å². The van der Waals surface area contributed by atoms with Crippen LogP contribution in [0.25, 0.3) is 0 Å². The van der Waals surface area contributed by atoms with Gasteiger partial charge >= 0.3 is 0 Å². The molecule has 0 unspecified atom stereocenters. The molecule has 0 radical (unpaired) electrons. The molecule has 0 fully saturated rings. The summed E-state index contributed by atoms with van der Waals surface area (Å²) in [5.41, 5.74) is 0. The highest BCUT2D eigenvalue weighted by Crippen LogP contribution is 2.06. The summed E-state index contributed by atoms with van der Waals surface area (Å²) >= 11 is 0. The van der Waals surface area contributed by atoms with Crippen molar-refractivity contribution in [3.8, 4) is 0 Å². The fourth-order valence-electron chi connectivity index (χ4n) is 0.984. The average Bonchev–Trinajstić information content (AvgIpc) is 2.60. The largest absolute Gasteiger partial charge is 0.360 e. The number of amides is 2. The monoisotopic (exact) mass is 225 g/mol. The minimum atomic E-state index is -0.331. The van der Waals surface area contributed by atoms with E-state index in [1.165, 1.54) is 0 Å². The molecule has 0 aromatic carbocycles. The maximum absolute atomic E-state index is 11.3. The first kappa shape index (κ1) is 12.2. The summed E-state index contributed by atoms with van der Waals surface area (Å²) < 4.78 is 4.78. The van der Waals surface area contributed by atoms with E-state index >= 15 is 0 Å². The number of aryl methyl sites for hydroxylation is 1. The zero-order valence-corrected chi connectivity index (χ0v) is 9.53. The van der Waals surface area contributed by atoms with Crippen LogP contribution in [0.2, 0.25) is 0 Å². The van der Waals surface area contributed by atoms with E-state index in [1.807, 2.05) is 0 Å². The molecule has 16 heavy (non-hydrogen) atoms. The van der Waals surface area contributed by atoms with Crippen LogP contribution in [-0.2, 0) is 9.59 Å². The van der Waals surface area contributed by atoms with Crippen LogP contribution in [0.4, 0.5) is 5.82 Å². The van der Waals surface area contributed by atoms with Gasteiger partial charge in [0, 0.05) is 12.0 Å². The zero-order chi connectivity index (χ0) is 12.1. The molecule has 0 saturated heterocycles. The molecule has 6 heteroatoms. The van der Waals surface area contributed by atoms with Crippen molar-refractivity contribution in [1.82, 2.24) is 10.5 Å². The summed E-state index contributed by atoms with van der Waals surface area (Å²) in [6.07, 6.45) is 0. The Kier molecular flexibility index (Phi) is 4.04. The van der Waals surface area contributed by atoms with E-state index < -0.39 is 0 Å². The van der Waals surface area contributed by atoms with Gasteiger partial charge < -0.3 is 15.2 Å². The standard InChI is InChI=1S/C10H15N3O3/c1-6(2)10(15)11-5-9(14)12-8-4-7(3)16-13-8/h4,6H,5H2,1-3H3,(H,11,15)(H,12,13,14). The van der Waals surface area contributed by atoms with Crippen LogP contribution in [0, 0.1) is 12.8 Å². The fourth-order valence-corrected chi connectivity index (χ4v) is 0.984. The van der Waals surface area contributed by atoms with Crippen molar-refractivity contribution < 1.29 is 14.1 Å². The smallest absolute Gasteiger partial charge is 0.245 e. The molecule has 0 aliphatic rings. The molecule has 0 aliphatic carbocycles. The fraction of sp³-hybridized carbons (Fsp3) is 0.500. The molecular weight excluding hydrogens is 210 g/mol. The van der Waals surface area contributed by atoms with E-state index in [9.17, 15) is 9.59 Å². The number of anilines is 1. The van der Waals surface area contributed by atoms with Crippen LogP contribution in [0.3, 0.4) is 0 Å². The third-order valence-corrected chi connectivity index (χ3v) is 1.84. The summed E-state index contributed by atoms with van der Waals surface area (Å²) in [5, 5.41) is 8.60. The molecule has 1 aromatic heterocycles. The Hall–Kier alpha value is -1.85. The second-order valence-corrected chi connectivity index (χ2v) is 3.74. The third kappa shape index (κ3) is 3.72. The molecule has 0 bridgehead atoms. The zero-order valence-electron chi connectivity index (χ0n) is 9.53. The minimum Gasteiger partial charge on any atom is -0.360 e. The second kappa shape index (κ2) is 5.29. The molecule has 0 atom stereocenters. The van der Waals surface area contributed by atoms with Gasteiger partial charge in [0.25, 0.3) is 0 Å². The van der Waals surface area contributed by atoms with E-state index in [2.05, 4.69) is 15.8 Å². The number of nitrogens with zero attached hydrogens (tertiary/aromatic N) is 1. The Balaban J connectivity index is 2.34. The maximum Gasteiger partial charge on any atom is 0.245 e. The van der Waals surface area contributed by atoms with Crippen LogP contribution in [0.15, 0.2) is 10.6 Å². The van der Waals surface area contributed by atoms with Crippen molar-refractivity contribution in [2.24, 2.45) is 5.92 Å². The van der Waals surface area contributed by atoms with Gasteiger partial charge in [-0.25, -0.2) is 0 Å². The number of carbonyl (C=O) groups is 2. The van der Waals surface area contributed by atoms with Gasteiger partial charge in [0.15, 0.2) is 5.82 Å². The third-order valence-electron chi connectivity index (χ3n) is 1.84. The average molecular weight is 225 g/mol. The maximum atomic E-state index is 11.3. The quantitative estimate of drug-likeness (QED) is 0.789. The first-order valence-corrected chi connectivity index (χ1v) is 5.00. The highest BCUT2D eigenvalue weighted by molar-refractivity contribution is 5.93. The molecule has 0 spiro atoms. The molecule has 1 heterocycles. The lowest BCUT2D eigenvalue weighted by Gasteiger charge is -2.06. The van der Waals surface area contributed by atoms with Crippen LogP contribution in [0.1, 0.15) is 19.6 Å². The van der Waals surface area contributed by atoms with Gasteiger partial charge in [-0.15, -0.1) is 0 Å². The molecule has 6 nitrogen and oxygen atoms in total. The Morgan fingerprint density at radius 2 is 2.19 bits per heavy atom. The Morgan fingerprint density at radius 3 is 2.69 bits per heavy atom. The van der Waals surface area contributed by atoms with Gasteiger partial charge in [0.1, 0.15) is 5.76 Å². The number of hydrogen-bond acceptors (Lipinski definition) is 4. The first-order chi connectivity index (χ1) is 7.49. The summed E-state index contributed by atoms with van der Waals surface area (Å²) in [6.45, 7) is 5.18. The molecule has 2 N–H and O–H groups in total.